The summed E-state index contributed by atoms with van der Waals surface area (Å²) in [5, 5.41) is 3.46. The van der Waals surface area contributed by atoms with Gasteiger partial charge in [0, 0.05) is 43.2 Å². The smallest absolute Gasteiger partial charge is 0.315 e. The molecule has 196 valence electrons. The number of carbonyl (C=O) groups is 2. The second-order valence-corrected chi connectivity index (χ2v) is 10.6. The highest BCUT2D eigenvalue weighted by Gasteiger charge is 2.36. The molecule has 0 radical (unpaired) electrons. The number of amides is 3. The van der Waals surface area contributed by atoms with E-state index >= 15 is 0 Å². The van der Waals surface area contributed by atoms with Gasteiger partial charge < -0.3 is 25.6 Å². The minimum Gasteiger partial charge on any atom is -0.493 e. The number of fused-ring (bicyclic) bond motifs is 2. The lowest BCUT2D eigenvalue weighted by Gasteiger charge is -2.33. The fraction of sp³-hybridized carbons (Fsp3) is 0.444. The van der Waals surface area contributed by atoms with Crippen LogP contribution in [0.15, 0.2) is 30.5 Å². The molecule has 11 nitrogen and oxygen atoms in total. The molecule has 4 aliphatic rings. The molecule has 1 saturated carbocycles. The number of anilines is 1. The number of nitrogens with two attached hydrogens (primary N) is 1. The van der Waals surface area contributed by atoms with Crippen LogP contribution < -0.4 is 15.8 Å². The van der Waals surface area contributed by atoms with Crippen LogP contribution in [0.25, 0.3) is 17.2 Å². The topological polar surface area (TPSA) is 132 Å². The van der Waals surface area contributed by atoms with Gasteiger partial charge in [-0.3, -0.25) is 9.36 Å². The molecule has 1 aliphatic carbocycles. The number of hydrogen-bond acceptors (Lipinski definition) is 7. The quantitative estimate of drug-likeness (QED) is 0.535. The van der Waals surface area contributed by atoms with Crippen LogP contribution in [0.2, 0.25) is 0 Å². The molecule has 0 unspecified atom stereocenters. The third-order valence-electron chi connectivity index (χ3n) is 7.86. The number of likely N-dealkylation sites (tertiary alicyclic amines) is 1. The molecule has 11 heteroatoms. The van der Waals surface area contributed by atoms with Crippen molar-refractivity contribution in [2.24, 2.45) is 11.7 Å². The van der Waals surface area contributed by atoms with Gasteiger partial charge in [0.15, 0.2) is 0 Å². The summed E-state index contributed by atoms with van der Waals surface area (Å²) in [6.45, 7) is 2.89. The Kier molecular flexibility index (Phi) is 5.45. The van der Waals surface area contributed by atoms with E-state index in [4.69, 9.17) is 20.4 Å². The number of hydrogen-bond donors (Lipinski definition) is 2. The standard InChI is InChI=1S/C27H30N8O3/c28-26(37)34-14-20-21(15-34)35(24(31-20)18-5-6-22-17(12-18)8-11-38-22)23-7-9-29-27(32-23)30-19-2-1-10-33(13-19)25(36)16-3-4-16/h5-7,9,12,16,19H,1-4,8,10-11,13-15H2,(H2,28,37)(H,29,30,32)/t19-/m0/s1. The van der Waals surface area contributed by atoms with E-state index in [-0.39, 0.29) is 17.9 Å². The molecular formula is C27H30N8O3. The molecule has 3 aliphatic heterocycles. The lowest BCUT2D eigenvalue weighted by molar-refractivity contribution is -0.133. The molecule has 5 heterocycles. The minimum absolute atomic E-state index is 0.0942. The van der Waals surface area contributed by atoms with Crippen LogP contribution >= 0.6 is 0 Å². The summed E-state index contributed by atoms with van der Waals surface area (Å²) in [7, 11) is 0. The van der Waals surface area contributed by atoms with E-state index in [9.17, 15) is 9.59 Å². The summed E-state index contributed by atoms with van der Waals surface area (Å²) in [5.74, 6) is 3.35. The molecule has 1 atom stereocenters. The zero-order valence-corrected chi connectivity index (χ0v) is 21.1. The van der Waals surface area contributed by atoms with Gasteiger partial charge in [0.2, 0.25) is 11.9 Å². The number of urea groups is 1. The molecule has 2 aromatic heterocycles. The van der Waals surface area contributed by atoms with Crippen molar-refractivity contribution >= 4 is 17.9 Å². The van der Waals surface area contributed by atoms with Crippen LogP contribution in [-0.4, -0.2) is 67.0 Å². The van der Waals surface area contributed by atoms with Gasteiger partial charge in [0.1, 0.15) is 17.4 Å². The number of rotatable bonds is 5. The SMILES string of the molecule is NC(=O)N1Cc2nc(-c3ccc4c(c3)CCO4)n(-c3ccnc(N[C@H]4CCCN(C(=O)C5CC5)C4)n3)c2C1. The van der Waals surface area contributed by atoms with E-state index in [0.29, 0.717) is 38.0 Å². The van der Waals surface area contributed by atoms with E-state index in [1.54, 1.807) is 11.1 Å². The fourth-order valence-electron chi connectivity index (χ4n) is 5.74. The maximum absolute atomic E-state index is 12.6. The number of nitrogens with zero attached hydrogens (tertiary/aromatic N) is 6. The molecule has 7 rings (SSSR count). The van der Waals surface area contributed by atoms with Gasteiger partial charge in [-0.05, 0) is 55.5 Å². The Hall–Kier alpha value is -4.15. The van der Waals surface area contributed by atoms with Crippen molar-refractivity contribution in [2.45, 2.75) is 51.2 Å². The van der Waals surface area contributed by atoms with Crippen molar-refractivity contribution in [1.82, 2.24) is 29.3 Å². The minimum atomic E-state index is -0.474. The fourth-order valence-corrected chi connectivity index (χ4v) is 5.74. The molecule has 0 bridgehead atoms. The Morgan fingerprint density at radius 1 is 1.08 bits per heavy atom. The van der Waals surface area contributed by atoms with Crippen molar-refractivity contribution in [1.29, 1.82) is 0 Å². The number of benzene rings is 1. The number of aromatic nitrogens is 4. The summed E-state index contributed by atoms with van der Waals surface area (Å²) in [6, 6.07) is 7.59. The Morgan fingerprint density at radius 3 is 2.82 bits per heavy atom. The first-order valence-corrected chi connectivity index (χ1v) is 13.3. The summed E-state index contributed by atoms with van der Waals surface area (Å²) >= 11 is 0. The van der Waals surface area contributed by atoms with Crippen LogP contribution in [0.5, 0.6) is 5.75 Å². The summed E-state index contributed by atoms with van der Waals surface area (Å²) < 4.78 is 7.70. The summed E-state index contributed by atoms with van der Waals surface area (Å²) in [5.41, 5.74) is 9.41. The van der Waals surface area contributed by atoms with Crippen LogP contribution in [0.1, 0.15) is 42.6 Å². The Morgan fingerprint density at radius 2 is 1.97 bits per heavy atom. The number of nitrogens with one attached hydrogen (secondary N) is 1. The highest BCUT2D eigenvalue weighted by molar-refractivity contribution is 5.81. The van der Waals surface area contributed by atoms with E-state index in [1.807, 2.05) is 27.7 Å². The van der Waals surface area contributed by atoms with E-state index in [2.05, 4.69) is 16.4 Å². The van der Waals surface area contributed by atoms with Crippen molar-refractivity contribution < 1.29 is 14.3 Å². The first kappa shape index (κ1) is 23.0. The first-order chi connectivity index (χ1) is 18.5. The van der Waals surface area contributed by atoms with E-state index in [1.165, 1.54) is 0 Å². The van der Waals surface area contributed by atoms with Crippen molar-refractivity contribution in [3.63, 3.8) is 0 Å². The van der Waals surface area contributed by atoms with Crippen LogP contribution in [0.4, 0.5) is 10.7 Å². The number of primary amides is 1. The Balaban J connectivity index is 1.21. The Labute approximate surface area is 220 Å². The average molecular weight is 515 g/mol. The molecule has 2 fully saturated rings. The van der Waals surface area contributed by atoms with Crippen LogP contribution in [0.3, 0.4) is 0 Å². The second-order valence-electron chi connectivity index (χ2n) is 10.6. The summed E-state index contributed by atoms with van der Waals surface area (Å²) in [4.78, 5) is 42.4. The number of piperidine rings is 1. The highest BCUT2D eigenvalue weighted by atomic mass is 16.5. The monoisotopic (exact) mass is 514 g/mol. The largest absolute Gasteiger partial charge is 0.493 e. The normalized spacial score (nSPS) is 20.2. The Bertz CT molecular complexity index is 1430. The van der Waals surface area contributed by atoms with Gasteiger partial charge in [0.25, 0.3) is 0 Å². The maximum atomic E-state index is 12.6. The van der Waals surface area contributed by atoms with Crippen molar-refractivity contribution in [3.8, 4) is 23.0 Å². The predicted octanol–water partition coefficient (Wildman–Crippen LogP) is 2.47. The summed E-state index contributed by atoms with van der Waals surface area (Å²) in [6.07, 6.45) is 6.54. The molecule has 38 heavy (non-hydrogen) atoms. The zero-order chi connectivity index (χ0) is 25.8. The molecule has 0 spiro atoms. The number of ether oxygens (including phenoxy) is 1. The van der Waals surface area contributed by atoms with Crippen molar-refractivity contribution in [2.75, 3.05) is 25.0 Å². The molecule has 3 N–H and O–H groups in total. The van der Waals surface area contributed by atoms with Gasteiger partial charge in [-0.15, -0.1) is 0 Å². The molecule has 3 amide bonds. The lowest BCUT2D eigenvalue weighted by Crippen LogP contribution is -2.45. The third-order valence-corrected chi connectivity index (χ3v) is 7.86. The highest BCUT2D eigenvalue weighted by Crippen LogP contribution is 2.35. The van der Waals surface area contributed by atoms with Crippen LogP contribution in [0, 0.1) is 5.92 Å². The van der Waals surface area contributed by atoms with Gasteiger partial charge >= 0.3 is 6.03 Å². The third kappa shape index (κ3) is 4.11. The molecule has 1 aromatic carbocycles. The van der Waals surface area contributed by atoms with E-state index in [0.717, 1.165) is 72.7 Å². The predicted molar refractivity (Wildman–Crippen MR) is 139 cm³/mol. The average Bonchev–Trinajstić information content (AvgIpc) is 3.35. The molecular weight excluding hydrogens is 484 g/mol. The van der Waals surface area contributed by atoms with Crippen molar-refractivity contribution in [3.05, 3.63) is 47.4 Å². The van der Waals surface area contributed by atoms with Gasteiger partial charge in [0.05, 0.1) is 31.1 Å². The van der Waals surface area contributed by atoms with Gasteiger partial charge in [-0.25, -0.2) is 14.8 Å². The lowest BCUT2D eigenvalue weighted by atomic mass is 10.1. The molecule has 1 saturated heterocycles. The van der Waals surface area contributed by atoms with E-state index < -0.39 is 6.03 Å². The molecule has 3 aromatic rings. The van der Waals surface area contributed by atoms with Gasteiger partial charge in [-0.1, -0.05) is 0 Å². The van der Waals surface area contributed by atoms with Gasteiger partial charge in [-0.2, -0.15) is 4.98 Å². The maximum Gasteiger partial charge on any atom is 0.315 e. The van der Waals surface area contributed by atoms with Crippen LogP contribution in [-0.2, 0) is 24.3 Å². The number of imidazole rings is 1. The first-order valence-electron chi connectivity index (χ1n) is 13.3. The number of carbonyl (C=O) groups excluding carboxylic acids is 2. The second kappa shape index (κ2) is 9.00. The zero-order valence-electron chi connectivity index (χ0n) is 21.1.